The fourth-order valence-electron chi connectivity index (χ4n) is 3.42. The van der Waals surface area contributed by atoms with E-state index in [1.165, 1.54) is 18.2 Å². The summed E-state index contributed by atoms with van der Waals surface area (Å²) in [6, 6.07) is 13.2. The Morgan fingerprint density at radius 3 is 2.13 bits per heavy atom. The summed E-state index contributed by atoms with van der Waals surface area (Å²) in [5.41, 5.74) is 0.973. The molecule has 1 aliphatic rings. The molecule has 8 heteroatoms. The van der Waals surface area contributed by atoms with E-state index in [4.69, 9.17) is 0 Å². The van der Waals surface area contributed by atoms with Gasteiger partial charge in [0.15, 0.2) is 0 Å². The summed E-state index contributed by atoms with van der Waals surface area (Å²) in [6.45, 7) is 8.61. The molecule has 8 nitrogen and oxygen atoms in total. The van der Waals surface area contributed by atoms with Gasteiger partial charge in [0, 0.05) is 49.0 Å². The minimum atomic E-state index is -0.567. The van der Waals surface area contributed by atoms with Crippen molar-refractivity contribution in [2.45, 2.75) is 20.8 Å². The van der Waals surface area contributed by atoms with E-state index in [9.17, 15) is 19.7 Å². The van der Waals surface area contributed by atoms with Crippen LogP contribution in [0.1, 0.15) is 31.1 Å². The Bertz CT molecular complexity index is 942. The van der Waals surface area contributed by atoms with Gasteiger partial charge < -0.3 is 15.1 Å². The van der Waals surface area contributed by atoms with E-state index in [-0.39, 0.29) is 22.6 Å². The maximum absolute atomic E-state index is 12.4. The number of benzene rings is 2. The lowest BCUT2D eigenvalue weighted by molar-refractivity contribution is -0.385. The summed E-state index contributed by atoms with van der Waals surface area (Å²) in [5.74, 6) is -0.362. The average Bonchev–Trinajstić information content (AvgIpc) is 2.73. The highest BCUT2D eigenvalue weighted by Crippen LogP contribution is 2.24. The Labute approximate surface area is 175 Å². The number of hydrogen-bond acceptors (Lipinski definition) is 5. The molecule has 1 fully saturated rings. The number of nitrogens with zero attached hydrogens (tertiary/aromatic N) is 3. The predicted molar refractivity (Wildman–Crippen MR) is 116 cm³/mol. The molecule has 2 amide bonds. The predicted octanol–water partition coefficient (Wildman–Crippen LogP) is 3.54. The first-order chi connectivity index (χ1) is 14.2. The number of piperazine rings is 1. The monoisotopic (exact) mass is 410 g/mol. The summed E-state index contributed by atoms with van der Waals surface area (Å²) in [7, 11) is 0. The molecule has 0 spiro atoms. The van der Waals surface area contributed by atoms with Gasteiger partial charge in [0.1, 0.15) is 5.56 Å². The highest BCUT2D eigenvalue weighted by molar-refractivity contribution is 6.07. The van der Waals surface area contributed by atoms with Crippen LogP contribution in [0.5, 0.6) is 0 Å². The molecular formula is C22H26N4O4. The zero-order chi connectivity index (χ0) is 21.9. The second kappa shape index (κ2) is 8.52. The van der Waals surface area contributed by atoms with Crippen LogP contribution in [0.2, 0.25) is 0 Å². The van der Waals surface area contributed by atoms with Crippen molar-refractivity contribution in [2.24, 2.45) is 5.41 Å². The lowest BCUT2D eigenvalue weighted by atomic mass is 9.94. The number of nitro benzene ring substituents is 1. The van der Waals surface area contributed by atoms with Crippen molar-refractivity contribution in [3.05, 3.63) is 64.2 Å². The third kappa shape index (κ3) is 4.76. The van der Waals surface area contributed by atoms with Crippen molar-refractivity contribution < 1.29 is 14.5 Å². The van der Waals surface area contributed by atoms with Gasteiger partial charge in [-0.15, -0.1) is 0 Å². The van der Waals surface area contributed by atoms with Gasteiger partial charge in [-0.1, -0.05) is 32.9 Å². The van der Waals surface area contributed by atoms with Crippen LogP contribution in [-0.4, -0.2) is 47.8 Å². The number of rotatable bonds is 4. The molecule has 0 unspecified atom stereocenters. The van der Waals surface area contributed by atoms with Gasteiger partial charge in [0.25, 0.3) is 11.6 Å². The maximum atomic E-state index is 12.4. The molecule has 2 aromatic rings. The third-order valence-corrected chi connectivity index (χ3v) is 5.04. The van der Waals surface area contributed by atoms with E-state index < -0.39 is 10.8 Å². The normalized spacial score (nSPS) is 14.4. The molecule has 0 radical (unpaired) electrons. The first-order valence-electron chi connectivity index (χ1n) is 9.86. The van der Waals surface area contributed by atoms with E-state index in [1.54, 1.807) is 18.2 Å². The highest BCUT2D eigenvalue weighted by atomic mass is 16.6. The molecule has 0 aliphatic carbocycles. The van der Waals surface area contributed by atoms with E-state index in [0.29, 0.717) is 18.8 Å². The van der Waals surface area contributed by atoms with Crippen LogP contribution < -0.4 is 10.2 Å². The molecule has 30 heavy (non-hydrogen) atoms. The van der Waals surface area contributed by atoms with Crippen LogP contribution in [0.3, 0.4) is 0 Å². The largest absolute Gasteiger partial charge is 0.368 e. The van der Waals surface area contributed by atoms with Crippen molar-refractivity contribution >= 4 is 28.9 Å². The first kappa shape index (κ1) is 21.3. The average molecular weight is 410 g/mol. The van der Waals surface area contributed by atoms with Crippen LogP contribution in [0.4, 0.5) is 17.1 Å². The molecule has 3 rings (SSSR count). The van der Waals surface area contributed by atoms with Crippen LogP contribution in [0, 0.1) is 15.5 Å². The van der Waals surface area contributed by atoms with Crippen LogP contribution >= 0.6 is 0 Å². The van der Waals surface area contributed by atoms with Crippen molar-refractivity contribution in [1.82, 2.24) is 4.90 Å². The summed E-state index contributed by atoms with van der Waals surface area (Å²) in [6.07, 6.45) is 0. The third-order valence-electron chi connectivity index (χ3n) is 5.04. The number of carbonyl (C=O) groups excluding carboxylic acids is 2. The quantitative estimate of drug-likeness (QED) is 0.614. The zero-order valence-electron chi connectivity index (χ0n) is 17.4. The second-order valence-corrected chi connectivity index (χ2v) is 8.30. The summed E-state index contributed by atoms with van der Waals surface area (Å²) in [4.78, 5) is 39.5. The Balaban J connectivity index is 1.62. The van der Waals surface area contributed by atoms with Crippen LogP contribution in [0.15, 0.2) is 48.5 Å². The van der Waals surface area contributed by atoms with Gasteiger partial charge in [0.2, 0.25) is 5.91 Å². The number of nitrogens with one attached hydrogen (secondary N) is 1. The highest BCUT2D eigenvalue weighted by Gasteiger charge is 2.29. The van der Waals surface area contributed by atoms with Crippen molar-refractivity contribution in [2.75, 3.05) is 36.4 Å². The lowest BCUT2D eigenvalue weighted by Gasteiger charge is -2.38. The molecule has 0 bridgehead atoms. The van der Waals surface area contributed by atoms with Gasteiger partial charge >= 0.3 is 0 Å². The SMILES string of the molecule is CC(C)(C)C(=O)N1CCN(c2ccc(NC(=O)c3ccccc3[N+](=O)[O-])cc2)CC1. The fraction of sp³-hybridized carbons (Fsp3) is 0.364. The number of para-hydroxylation sites is 1. The summed E-state index contributed by atoms with van der Waals surface area (Å²) >= 11 is 0. The first-order valence-corrected chi connectivity index (χ1v) is 9.86. The number of hydrogen-bond donors (Lipinski definition) is 1. The topological polar surface area (TPSA) is 95.8 Å². The molecule has 2 aromatic carbocycles. The van der Waals surface area contributed by atoms with Gasteiger partial charge in [-0.25, -0.2) is 0 Å². The second-order valence-electron chi connectivity index (χ2n) is 8.30. The standard InChI is InChI=1S/C22H26N4O4/c1-22(2,3)21(28)25-14-12-24(13-15-25)17-10-8-16(9-11-17)23-20(27)18-6-4-5-7-19(18)26(29)30/h4-11H,12-15H2,1-3H3,(H,23,27). The lowest BCUT2D eigenvalue weighted by Crippen LogP contribution is -2.51. The fourth-order valence-corrected chi connectivity index (χ4v) is 3.42. The van der Waals surface area contributed by atoms with Crippen molar-refractivity contribution in [1.29, 1.82) is 0 Å². The van der Waals surface area contributed by atoms with Crippen LogP contribution in [0.25, 0.3) is 0 Å². The van der Waals surface area contributed by atoms with E-state index in [0.717, 1.165) is 18.8 Å². The summed E-state index contributed by atoms with van der Waals surface area (Å²) in [5, 5.41) is 13.8. The Morgan fingerprint density at radius 1 is 0.967 bits per heavy atom. The molecule has 158 valence electrons. The van der Waals surface area contributed by atoms with E-state index >= 15 is 0 Å². The molecule has 1 heterocycles. The molecule has 0 atom stereocenters. The Hall–Kier alpha value is -3.42. The van der Waals surface area contributed by atoms with Crippen LogP contribution in [-0.2, 0) is 4.79 Å². The Kier molecular flexibility index (Phi) is 6.05. The van der Waals surface area contributed by atoms with Crippen molar-refractivity contribution in [3.63, 3.8) is 0 Å². The molecule has 1 N–H and O–H groups in total. The minimum Gasteiger partial charge on any atom is -0.368 e. The van der Waals surface area contributed by atoms with Gasteiger partial charge in [-0.05, 0) is 30.3 Å². The molecule has 0 aromatic heterocycles. The molecule has 1 saturated heterocycles. The molecule has 0 saturated carbocycles. The van der Waals surface area contributed by atoms with Crippen molar-refractivity contribution in [3.8, 4) is 0 Å². The van der Waals surface area contributed by atoms with E-state index in [1.807, 2.05) is 37.8 Å². The van der Waals surface area contributed by atoms with Gasteiger partial charge in [-0.3, -0.25) is 19.7 Å². The van der Waals surface area contributed by atoms with Gasteiger partial charge in [-0.2, -0.15) is 0 Å². The molecular weight excluding hydrogens is 384 g/mol. The number of carbonyl (C=O) groups is 2. The number of anilines is 2. The number of amides is 2. The van der Waals surface area contributed by atoms with E-state index in [2.05, 4.69) is 10.2 Å². The number of nitro groups is 1. The molecule has 1 aliphatic heterocycles. The van der Waals surface area contributed by atoms with Gasteiger partial charge in [0.05, 0.1) is 4.92 Å². The Morgan fingerprint density at radius 2 is 1.57 bits per heavy atom. The summed E-state index contributed by atoms with van der Waals surface area (Å²) < 4.78 is 0. The maximum Gasteiger partial charge on any atom is 0.282 e. The zero-order valence-corrected chi connectivity index (χ0v) is 17.4. The smallest absolute Gasteiger partial charge is 0.282 e. The minimum absolute atomic E-state index is 0.0196.